The van der Waals surface area contributed by atoms with Crippen molar-refractivity contribution in [2.75, 3.05) is 0 Å². The van der Waals surface area contributed by atoms with Crippen LogP contribution < -0.4 is 16.0 Å². The minimum Gasteiger partial charge on any atom is -0.351 e. The number of carbonyl (C=O) groups excluding carboxylic acids is 2. The van der Waals surface area contributed by atoms with Crippen molar-refractivity contribution in [2.45, 2.75) is 83.0 Å². The highest BCUT2D eigenvalue weighted by molar-refractivity contribution is 7.19. The molecule has 5 rings (SSSR count). The summed E-state index contributed by atoms with van der Waals surface area (Å²) in [4.78, 5) is 28.4. The third-order valence-corrected chi connectivity index (χ3v) is 9.16. The summed E-state index contributed by atoms with van der Waals surface area (Å²) < 4.78 is 16.3. The molecule has 220 valence electrons. The van der Waals surface area contributed by atoms with Crippen LogP contribution in [0.4, 0.5) is 4.39 Å². The molecule has 0 aliphatic carbocycles. The predicted octanol–water partition coefficient (Wildman–Crippen LogP) is 6.96. The highest BCUT2D eigenvalue weighted by Gasteiger charge is 2.39. The number of carbonyl (C=O) groups is 2. The number of thiophene rings is 1. The molecule has 0 spiro atoms. The molecule has 7 heteroatoms. The molecule has 42 heavy (non-hydrogen) atoms. The summed E-state index contributed by atoms with van der Waals surface area (Å²) in [6.45, 7) is 10.3. The van der Waals surface area contributed by atoms with Crippen molar-refractivity contribution in [1.82, 2.24) is 16.0 Å². The quantitative estimate of drug-likeness (QED) is 0.209. The summed E-state index contributed by atoms with van der Waals surface area (Å²) in [5.41, 5.74) is 1.57. The Bertz CT molecular complexity index is 1530. The molecule has 4 aromatic rings. The number of amides is 2. The molecule has 1 unspecified atom stereocenters. The number of piperidine rings is 1. The number of rotatable bonds is 8. The number of hydrogen-bond acceptors (Lipinski definition) is 4. The zero-order chi connectivity index (χ0) is 30.1. The second-order valence-electron chi connectivity index (χ2n) is 12.8. The van der Waals surface area contributed by atoms with Crippen LogP contribution in [0.2, 0.25) is 0 Å². The molecule has 3 aromatic carbocycles. The zero-order valence-electron chi connectivity index (χ0n) is 25.0. The standard InChI is InChI=1S/C35H40FN3O2S/c1-22(24-15-16-28(29(36)18-24)23-11-7-6-8-12-23)32(40)38-30(19-27-17-25-13-9-10-14-31(25)42-27)33(41)37-26-20-34(2,3)39-35(4,5)21-26/h6-18,22,26,30,39H,19-21H2,1-5H3,(H,37,41)(H,38,40)/t22?,30-/m0/s1. The summed E-state index contributed by atoms with van der Waals surface area (Å²) >= 11 is 1.63. The molecule has 1 aliphatic heterocycles. The Balaban J connectivity index is 1.35. The second-order valence-corrected chi connectivity index (χ2v) is 14.0. The van der Waals surface area contributed by atoms with E-state index in [-0.39, 0.29) is 34.8 Å². The van der Waals surface area contributed by atoms with E-state index in [1.807, 2.05) is 42.5 Å². The molecule has 1 fully saturated rings. The van der Waals surface area contributed by atoms with Crippen LogP contribution in [0.15, 0.2) is 78.9 Å². The molecule has 2 atom stereocenters. The number of benzene rings is 3. The van der Waals surface area contributed by atoms with Gasteiger partial charge >= 0.3 is 0 Å². The minimum atomic E-state index is -0.762. The van der Waals surface area contributed by atoms with Gasteiger partial charge in [0.05, 0.1) is 5.92 Å². The molecule has 0 saturated carbocycles. The Kier molecular flexibility index (Phi) is 8.53. The smallest absolute Gasteiger partial charge is 0.243 e. The molecule has 0 radical (unpaired) electrons. The van der Waals surface area contributed by atoms with Crippen LogP contribution in [0.5, 0.6) is 0 Å². The van der Waals surface area contributed by atoms with Gasteiger partial charge < -0.3 is 16.0 Å². The molecule has 2 amide bonds. The van der Waals surface area contributed by atoms with Gasteiger partial charge in [0.25, 0.3) is 0 Å². The highest BCUT2D eigenvalue weighted by Crippen LogP contribution is 2.30. The fraction of sp³-hybridized carbons (Fsp3) is 0.371. The van der Waals surface area contributed by atoms with Crippen molar-refractivity contribution < 1.29 is 14.0 Å². The third kappa shape index (κ3) is 7.08. The van der Waals surface area contributed by atoms with Gasteiger partial charge in [-0.05, 0) is 82.2 Å². The summed E-state index contributed by atoms with van der Waals surface area (Å²) in [6, 6.07) is 23.7. The zero-order valence-corrected chi connectivity index (χ0v) is 25.8. The van der Waals surface area contributed by atoms with Crippen molar-refractivity contribution in [3.05, 3.63) is 95.1 Å². The number of nitrogens with one attached hydrogen (secondary N) is 3. The van der Waals surface area contributed by atoms with E-state index in [0.29, 0.717) is 17.5 Å². The number of hydrogen-bond donors (Lipinski definition) is 3. The third-order valence-electron chi connectivity index (χ3n) is 8.02. The maximum absolute atomic E-state index is 15.1. The van der Waals surface area contributed by atoms with Crippen molar-refractivity contribution in [2.24, 2.45) is 0 Å². The topological polar surface area (TPSA) is 70.2 Å². The van der Waals surface area contributed by atoms with Crippen molar-refractivity contribution in [3.63, 3.8) is 0 Å². The lowest BCUT2D eigenvalue weighted by atomic mass is 9.79. The van der Waals surface area contributed by atoms with E-state index < -0.39 is 12.0 Å². The van der Waals surface area contributed by atoms with Gasteiger partial charge in [-0.3, -0.25) is 9.59 Å². The Hall–Kier alpha value is -3.55. The van der Waals surface area contributed by atoms with E-state index >= 15 is 4.39 Å². The molecule has 1 saturated heterocycles. The van der Waals surface area contributed by atoms with Crippen molar-refractivity contribution >= 4 is 33.2 Å². The van der Waals surface area contributed by atoms with E-state index in [4.69, 9.17) is 0 Å². The largest absolute Gasteiger partial charge is 0.351 e. The minimum absolute atomic E-state index is 0.0254. The Morgan fingerprint density at radius 2 is 1.60 bits per heavy atom. The Labute approximate surface area is 251 Å². The van der Waals surface area contributed by atoms with Crippen LogP contribution in [0.25, 0.3) is 21.2 Å². The molecular weight excluding hydrogens is 545 g/mol. The average Bonchev–Trinajstić information content (AvgIpc) is 3.33. The first kappa shape index (κ1) is 29.9. The lowest BCUT2D eigenvalue weighted by Crippen LogP contribution is -2.63. The lowest BCUT2D eigenvalue weighted by Gasteiger charge is -2.46. The van der Waals surface area contributed by atoms with Crippen LogP contribution >= 0.6 is 11.3 Å². The first-order valence-corrected chi connectivity index (χ1v) is 15.4. The monoisotopic (exact) mass is 585 g/mol. The van der Waals surface area contributed by atoms with Gasteiger partial charge in [-0.1, -0.05) is 60.7 Å². The van der Waals surface area contributed by atoms with Crippen LogP contribution in [-0.4, -0.2) is 35.0 Å². The lowest BCUT2D eigenvalue weighted by molar-refractivity contribution is -0.130. The number of fused-ring (bicyclic) bond motifs is 1. The Morgan fingerprint density at radius 1 is 0.929 bits per heavy atom. The molecule has 5 nitrogen and oxygen atoms in total. The van der Waals surface area contributed by atoms with Crippen LogP contribution in [0, 0.1) is 5.82 Å². The average molecular weight is 586 g/mol. The maximum atomic E-state index is 15.1. The molecule has 1 aromatic heterocycles. The van der Waals surface area contributed by atoms with E-state index in [9.17, 15) is 9.59 Å². The summed E-state index contributed by atoms with van der Waals surface area (Å²) in [5, 5.41) is 11.0. The van der Waals surface area contributed by atoms with E-state index in [1.165, 1.54) is 6.07 Å². The molecule has 0 bridgehead atoms. The fourth-order valence-electron chi connectivity index (χ4n) is 6.37. The van der Waals surface area contributed by atoms with Crippen LogP contribution in [0.1, 0.15) is 63.8 Å². The van der Waals surface area contributed by atoms with Gasteiger partial charge in [0.15, 0.2) is 0 Å². The predicted molar refractivity (Wildman–Crippen MR) is 170 cm³/mol. The summed E-state index contributed by atoms with van der Waals surface area (Å²) in [5.74, 6) is -1.53. The van der Waals surface area contributed by atoms with Crippen molar-refractivity contribution in [3.8, 4) is 11.1 Å². The molecule has 1 aliphatic rings. The fourth-order valence-corrected chi connectivity index (χ4v) is 7.48. The van der Waals surface area contributed by atoms with Crippen LogP contribution in [-0.2, 0) is 16.0 Å². The highest BCUT2D eigenvalue weighted by atomic mass is 32.1. The number of halogens is 1. The van der Waals surface area contributed by atoms with Crippen LogP contribution in [0.3, 0.4) is 0 Å². The first-order chi connectivity index (χ1) is 19.9. The van der Waals surface area contributed by atoms with Gasteiger partial charge in [-0.25, -0.2) is 4.39 Å². The maximum Gasteiger partial charge on any atom is 0.243 e. The van der Waals surface area contributed by atoms with Gasteiger partial charge in [-0.2, -0.15) is 0 Å². The van der Waals surface area contributed by atoms with Gasteiger partial charge in [0, 0.05) is 38.7 Å². The molecule has 2 heterocycles. The van der Waals surface area contributed by atoms with Crippen molar-refractivity contribution in [1.29, 1.82) is 0 Å². The van der Waals surface area contributed by atoms with E-state index in [0.717, 1.165) is 33.4 Å². The second kappa shape index (κ2) is 12.0. The normalized spacial score (nSPS) is 17.9. The van der Waals surface area contributed by atoms with Gasteiger partial charge in [0.1, 0.15) is 11.9 Å². The summed E-state index contributed by atoms with van der Waals surface area (Å²) in [6.07, 6.45) is 1.95. The Morgan fingerprint density at radius 3 is 2.26 bits per heavy atom. The molecule has 3 N–H and O–H groups in total. The molecular formula is C35H40FN3O2S. The SMILES string of the molecule is CC(C(=O)N[C@@H](Cc1cc2ccccc2s1)C(=O)NC1CC(C)(C)NC(C)(C)C1)c1ccc(-c2ccccc2)c(F)c1. The van der Waals surface area contributed by atoms with Gasteiger partial charge in [0.2, 0.25) is 11.8 Å². The summed E-state index contributed by atoms with van der Waals surface area (Å²) in [7, 11) is 0. The van der Waals surface area contributed by atoms with E-state index in [2.05, 4.69) is 61.8 Å². The first-order valence-electron chi connectivity index (χ1n) is 14.6. The van der Waals surface area contributed by atoms with Gasteiger partial charge in [-0.15, -0.1) is 11.3 Å². The van der Waals surface area contributed by atoms with E-state index in [1.54, 1.807) is 30.4 Å².